The Morgan fingerprint density at radius 3 is 2.62 bits per heavy atom. The van der Waals surface area contributed by atoms with Crippen molar-refractivity contribution < 1.29 is 9.53 Å². The summed E-state index contributed by atoms with van der Waals surface area (Å²) in [5.74, 6) is 1.11. The first kappa shape index (κ1) is 13.0. The zero-order chi connectivity index (χ0) is 12.3. The molecule has 0 aromatic carbocycles. The molecule has 0 spiro atoms. The summed E-state index contributed by atoms with van der Waals surface area (Å²) in [5.41, 5.74) is 2.24. The molecule has 1 rings (SSSR count). The van der Waals surface area contributed by atoms with Crippen LogP contribution in [-0.4, -0.2) is 31.5 Å². The minimum Gasteiger partial charge on any atom is -0.425 e. The summed E-state index contributed by atoms with van der Waals surface area (Å²) < 4.78 is 5.41. The Balaban J connectivity index is 2.70. The average Bonchev–Trinajstić information content (AvgIpc) is 2.09. The molecule has 90 valence electrons. The second-order valence-electron chi connectivity index (χ2n) is 4.85. The minimum absolute atomic E-state index is 0.193. The van der Waals surface area contributed by atoms with Gasteiger partial charge in [-0.25, -0.2) is 0 Å². The number of hydrogen-bond acceptors (Lipinski definition) is 3. The molecule has 0 heterocycles. The second kappa shape index (κ2) is 5.30. The quantitative estimate of drug-likeness (QED) is 0.688. The first-order valence-electron chi connectivity index (χ1n) is 5.64. The lowest BCUT2D eigenvalue weighted by Gasteiger charge is -2.21. The van der Waals surface area contributed by atoms with Crippen LogP contribution in [0.3, 0.4) is 0 Å². The molecule has 0 fully saturated rings. The smallest absolute Gasteiger partial charge is 0.325 e. The van der Waals surface area contributed by atoms with Crippen molar-refractivity contribution in [3.8, 4) is 0 Å². The average molecular weight is 223 g/mol. The van der Waals surface area contributed by atoms with Crippen molar-refractivity contribution in [3.05, 3.63) is 23.0 Å². The third-order valence-electron chi connectivity index (χ3n) is 2.57. The summed E-state index contributed by atoms with van der Waals surface area (Å²) in [6.45, 7) is 6.52. The maximum atomic E-state index is 11.6. The van der Waals surface area contributed by atoms with Crippen molar-refractivity contribution in [1.29, 1.82) is 0 Å². The van der Waals surface area contributed by atoms with Gasteiger partial charge in [0.25, 0.3) is 0 Å². The standard InChI is InChI=1S/C13H21NO2/c1-9-6-10(2)13(11(3)7-9)16-12(15)8-14(4)5/h6,9H,7-8H2,1-5H3. The first-order valence-corrected chi connectivity index (χ1v) is 5.64. The third-order valence-corrected chi connectivity index (χ3v) is 2.57. The normalized spacial score (nSPS) is 21.1. The van der Waals surface area contributed by atoms with Crippen LogP contribution in [0.15, 0.2) is 23.0 Å². The Morgan fingerprint density at radius 1 is 1.50 bits per heavy atom. The number of likely N-dealkylation sites (N-methyl/N-ethyl adjacent to an activating group) is 1. The van der Waals surface area contributed by atoms with Gasteiger partial charge in [-0.3, -0.25) is 9.69 Å². The fourth-order valence-corrected chi connectivity index (χ4v) is 2.05. The van der Waals surface area contributed by atoms with Crippen LogP contribution >= 0.6 is 0 Å². The molecule has 0 aromatic rings. The zero-order valence-corrected chi connectivity index (χ0v) is 10.8. The number of nitrogens with zero attached hydrogens (tertiary/aromatic N) is 1. The Kier molecular flexibility index (Phi) is 4.30. The van der Waals surface area contributed by atoms with Gasteiger partial charge in [0, 0.05) is 0 Å². The lowest BCUT2D eigenvalue weighted by molar-refractivity contribution is -0.139. The number of ether oxygens (including phenoxy) is 1. The predicted molar refractivity (Wildman–Crippen MR) is 64.9 cm³/mol. The van der Waals surface area contributed by atoms with Crippen molar-refractivity contribution in [2.45, 2.75) is 27.2 Å². The molecule has 3 heteroatoms. The van der Waals surface area contributed by atoms with E-state index in [9.17, 15) is 4.79 Å². The van der Waals surface area contributed by atoms with Crippen molar-refractivity contribution in [2.75, 3.05) is 20.6 Å². The van der Waals surface area contributed by atoms with Gasteiger partial charge < -0.3 is 4.74 Å². The van der Waals surface area contributed by atoms with E-state index in [1.165, 1.54) is 5.57 Å². The summed E-state index contributed by atoms with van der Waals surface area (Å²) in [6, 6.07) is 0. The molecule has 0 saturated heterocycles. The summed E-state index contributed by atoms with van der Waals surface area (Å²) >= 11 is 0. The van der Waals surface area contributed by atoms with Crippen LogP contribution in [0.2, 0.25) is 0 Å². The van der Waals surface area contributed by atoms with Crippen LogP contribution in [0, 0.1) is 5.92 Å². The lowest BCUT2D eigenvalue weighted by atomic mass is 9.92. The van der Waals surface area contributed by atoms with Crippen LogP contribution in [0.4, 0.5) is 0 Å². The van der Waals surface area contributed by atoms with Crippen LogP contribution in [-0.2, 0) is 9.53 Å². The molecular weight excluding hydrogens is 202 g/mol. The topological polar surface area (TPSA) is 29.5 Å². The highest BCUT2D eigenvalue weighted by atomic mass is 16.5. The highest BCUT2D eigenvalue weighted by Crippen LogP contribution is 2.28. The molecule has 1 unspecified atom stereocenters. The van der Waals surface area contributed by atoms with Crippen LogP contribution in [0.5, 0.6) is 0 Å². The molecule has 0 N–H and O–H groups in total. The second-order valence-corrected chi connectivity index (χ2v) is 4.85. The van der Waals surface area contributed by atoms with Crippen molar-refractivity contribution in [2.24, 2.45) is 5.92 Å². The number of rotatable bonds is 3. The SMILES string of the molecule is CC1=CC(C)CC(C)=C1OC(=O)CN(C)C. The molecule has 1 aliphatic carbocycles. The van der Waals surface area contributed by atoms with E-state index in [-0.39, 0.29) is 5.97 Å². The molecular formula is C13H21NO2. The van der Waals surface area contributed by atoms with Gasteiger partial charge in [0.05, 0.1) is 6.54 Å². The third kappa shape index (κ3) is 3.49. The monoisotopic (exact) mass is 223 g/mol. The molecule has 1 atom stereocenters. The van der Waals surface area contributed by atoms with Gasteiger partial charge in [0.2, 0.25) is 0 Å². The molecule has 16 heavy (non-hydrogen) atoms. The lowest BCUT2D eigenvalue weighted by Crippen LogP contribution is -2.24. The van der Waals surface area contributed by atoms with Gasteiger partial charge in [-0.2, -0.15) is 0 Å². The van der Waals surface area contributed by atoms with Crippen molar-refractivity contribution >= 4 is 5.97 Å². The van der Waals surface area contributed by atoms with Crippen LogP contribution in [0.25, 0.3) is 0 Å². The Bertz CT molecular complexity index is 340. The van der Waals surface area contributed by atoms with Crippen LogP contribution < -0.4 is 0 Å². The maximum absolute atomic E-state index is 11.6. The van der Waals surface area contributed by atoms with Gasteiger partial charge in [-0.15, -0.1) is 0 Å². The minimum atomic E-state index is -0.193. The number of esters is 1. The van der Waals surface area contributed by atoms with Gasteiger partial charge >= 0.3 is 5.97 Å². The van der Waals surface area contributed by atoms with E-state index >= 15 is 0 Å². The summed E-state index contributed by atoms with van der Waals surface area (Å²) in [7, 11) is 3.71. The van der Waals surface area contributed by atoms with E-state index < -0.39 is 0 Å². The highest BCUT2D eigenvalue weighted by molar-refractivity contribution is 5.73. The molecule has 1 aliphatic rings. The molecule has 3 nitrogen and oxygen atoms in total. The Hall–Kier alpha value is -1.09. The van der Waals surface area contributed by atoms with E-state index in [1.807, 2.05) is 32.8 Å². The van der Waals surface area contributed by atoms with Crippen LogP contribution in [0.1, 0.15) is 27.2 Å². The Labute approximate surface area is 97.8 Å². The summed E-state index contributed by atoms with van der Waals surface area (Å²) in [4.78, 5) is 13.4. The summed E-state index contributed by atoms with van der Waals surface area (Å²) in [6.07, 6.45) is 3.13. The van der Waals surface area contributed by atoms with Gasteiger partial charge in [-0.05, 0) is 51.4 Å². The summed E-state index contributed by atoms with van der Waals surface area (Å²) in [5, 5.41) is 0. The molecule has 0 amide bonds. The van der Waals surface area contributed by atoms with Crippen molar-refractivity contribution in [1.82, 2.24) is 4.90 Å². The van der Waals surface area contributed by atoms with E-state index in [4.69, 9.17) is 4.74 Å². The number of allylic oxidation sites excluding steroid dienone is 3. The fourth-order valence-electron chi connectivity index (χ4n) is 2.05. The predicted octanol–water partition coefficient (Wildman–Crippen LogP) is 2.35. The number of carbonyl (C=O) groups excluding carboxylic acids is 1. The molecule has 0 bridgehead atoms. The van der Waals surface area contributed by atoms with Gasteiger partial charge in [0.15, 0.2) is 0 Å². The molecule has 0 aromatic heterocycles. The Morgan fingerprint density at radius 2 is 2.12 bits per heavy atom. The molecule has 0 saturated carbocycles. The number of carbonyl (C=O) groups is 1. The largest absolute Gasteiger partial charge is 0.425 e. The van der Waals surface area contributed by atoms with Gasteiger partial charge in [-0.1, -0.05) is 13.0 Å². The maximum Gasteiger partial charge on any atom is 0.325 e. The van der Waals surface area contributed by atoms with E-state index in [0.29, 0.717) is 12.5 Å². The van der Waals surface area contributed by atoms with E-state index in [0.717, 1.165) is 17.8 Å². The first-order chi connectivity index (χ1) is 7.40. The van der Waals surface area contributed by atoms with E-state index in [1.54, 1.807) is 0 Å². The zero-order valence-electron chi connectivity index (χ0n) is 10.8. The molecule has 0 aliphatic heterocycles. The highest BCUT2D eigenvalue weighted by Gasteiger charge is 2.18. The van der Waals surface area contributed by atoms with E-state index in [2.05, 4.69) is 13.0 Å². The van der Waals surface area contributed by atoms with Gasteiger partial charge in [0.1, 0.15) is 5.76 Å². The van der Waals surface area contributed by atoms with Crippen molar-refractivity contribution in [3.63, 3.8) is 0 Å². The number of hydrogen-bond donors (Lipinski definition) is 0. The molecule has 0 radical (unpaired) electrons. The fraction of sp³-hybridized carbons (Fsp3) is 0.615.